The van der Waals surface area contributed by atoms with Crippen LogP contribution in [0.2, 0.25) is 0 Å². The molecule has 0 saturated carbocycles. The maximum Gasteiger partial charge on any atom is 0.242 e. The lowest BCUT2D eigenvalue weighted by Crippen LogP contribution is -2.24. The fourth-order valence-electron chi connectivity index (χ4n) is 1.74. The molecule has 102 valence electrons. The van der Waals surface area contributed by atoms with Gasteiger partial charge in [-0.05, 0) is 36.2 Å². The summed E-state index contributed by atoms with van der Waals surface area (Å²) in [5.41, 5.74) is 1.88. The third-order valence-electron chi connectivity index (χ3n) is 2.89. The van der Waals surface area contributed by atoms with Crippen molar-refractivity contribution in [2.24, 2.45) is 0 Å². The van der Waals surface area contributed by atoms with E-state index in [0.29, 0.717) is 0 Å². The van der Waals surface area contributed by atoms with Gasteiger partial charge in [-0.25, -0.2) is 13.1 Å². The second-order valence-electron chi connectivity index (χ2n) is 4.23. The molecule has 2 aromatic rings. The third kappa shape index (κ3) is 3.02. The van der Waals surface area contributed by atoms with Crippen molar-refractivity contribution in [3.05, 3.63) is 59.4 Å². The standard InChI is InChI=1S/C14H13N3O2S/c1-11-9-16-7-6-13(11)10-17-20(18,19)14-5-3-2-4-12(14)8-15/h2-7,9,17H,10H2,1H3. The van der Waals surface area contributed by atoms with Gasteiger partial charge < -0.3 is 0 Å². The molecule has 0 aliphatic heterocycles. The van der Waals surface area contributed by atoms with E-state index in [1.165, 1.54) is 12.1 Å². The summed E-state index contributed by atoms with van der Waals surface area (Å²) in [5.74, 6) is 0. The zero-order valence-corrected chi connectivity index (χ0v) is 11.7. The Kier molecular flexibility index (Phi) is 4.13. The Balaban J connectivity index is 2.25. The summed E-state index contributed by atoms with van der Waals surface area (Å²) in [6, 6.07) is 9.76. The Hall–Kier alpha value is -2.23. The number of hydrogen-bond acceptors (Lipinski definition) is 4. The molecule has 1 N–H and O–H groups in total. The average Bonchev–Trinajstić information content (AvgIpc) is 2.46. The minimum absolute atomic E-state index is 0.00536. The zero-order valence-electron chi connectivity index (χ0n) is 10.9. The van der Waals surface area contributed by atoms with Crippen molar-refractivity contribution in [3.8, 4) is 6.07 Å². The maximum atomic E-state index is 12.2. The van der Waals surface area contributed by atoms with Crippen LogP contribution in [0.1, 0.15) is 16.7 Å². The molecule has 1 heterocycles. The minimum atomic E-state index is -3.71. The molecule has 0 bridgehead atoms. The van der Waals surface area contributed by atoms with Crippen molar-refractivity contribution >= 4 is 10.0 Å². The molecule has 1 aromatic heterocycles. The van der Waals surface area contributed by atoms with Crippen molar-refractivity contribution in [2.45, 2.75) is 18.4 Å². The van der Waals surface area contributed by atoms with Gasteiger partial charge in [0.25, 0.3) is 0 Å². The molecule has 0 saturated heterocycles. The largest absolute Gasteiger partial charge is 0.264 e. The average molecular weight is 287 g/mol. The van der Waals surface area contributed by atoms with Gasteiger partial charge in [0.15, 0.2) is 0 Å². The Morgan fingerprint density at radius 2 is 2.05 bits per heavy atom. The van der Waals surface area contributed by atoms with Crippen LogP contribution in [0.5, 0.6) is 0 Å². The Bertz CT molecular complexity index is 764. The van der Waals surface area contributed by atoms with E-state index in [4.69, 9.17) is 5.26 Å². The van der Waals surface area contributed by atoms with Gasteiger partial charge in [0.2, 0.25) is 10.0 Å². The molecular formula is C14H13N3O2S. The monoisotopic (exact) mass is 287 g/mol. The van der Waals surface area contributed by atoms with E-state index in [0.717, 1.165) is 11.1 Å². The SMILES string of the molecule is Cc1cnccc1CNS(=O)(=O)c1ccccc1C#N. The van der Waals surface area contributed by atoms with Gasteiger partial charge in [-0.2, -0.15) is 5.26 Å². The molecule has 2 rings (SSSR count). The van der Waals surface area contributed by atoms with Crippen molar-refractivity contribution < 1.29 is 8.42 Å². The van der Waals surface area contributed by atoms with Crippen LogP contribution in [-0.4, -0.2) is 13.4 Å². The normalized spacial score (nSPS) is 11.0. The molecule has 20 heavy (non-hydrogen) atoms. The highest BCUT2D eigenvalue weighted by atomic mass is 32.2. The van der Waals surface area contributed by atoms with Crippen molar-refractivity contribution in [2.75, 3.05) is 0 Å². The van der Waals surface area contributed by atoms with Gasteiger partial charge >= 0.3 is 0 Å². The van der Waals surface area contributed by atoms with E-state index < -0.39 is 10.0 Å². The second-order valence-corrected chi connectivity index (χ2v) is 5.97. The number of sulfonamides is 1. The summed E-state index contributed by atoms with van der Waals surface area (Å²) < 4.78 is 26.9. The molecule has 1 aromatic carbocycles. The highest BCUT2D eigenvalue weighted by Gasteiger charge is 2.17. The molecule has 0 aliphatic rings. The predicted molar refractivity (Wildman–Crippen MR) is 74.2 cm³/mol. The number of rotatable bonds is 4. The van der Waals surface area contributed by atoms with Gasteiger partial charge in [-0.1, -0.05) is 12.1 Å². The van der Waals surface area contributed by atoms with E-state index in [9.17, 15) is 8.42 Å². The lowest BCUT2D eigenvalue weighted by atomic mass is 10.2. The summed E-state index contributed by atoms with van der Waals surface area (Å²) in [5, 5.41) is 8.96. The summed E-state index contributed by atoms with van der Waals surface area (Å²) in [7, 11) is -3.71. The van der Waals surface area contributed by atoms with Crippen LogP contribution in [0, 0.1) is 18.3 Å². The van der Waals surface area contributed by atoms with Crippen LogP contribution in [0.15, 0.2) is 47.6 Å². The second kappa shape index (κ2) is 5.82. The van der Waals surface area contributed by atoms with Gasteiger partial charge in [-0.15, -0.1) is 0 Å². The summed E-state index contributed by atoms with van der Waals surface area (Å²) in [4.78, 5) is 3.95. The minimum Gasteiger partial charge on any atom is -0.264 e. The van der Waals surface area contributed by atoms with E-state index in [-0.39, 0.29) is 17.0 Å². The first-order valence-electron chi connectivity index (χ1n) is 5.93. The summed E-state index contributed by atoms with van der Waals surface area (Å²) >= 11 is 0. The van der Waals surface area contributed by atoms with Gasteiger partial charge in [0, 0.05) is 18.9 Å². The smallest absolute Gasteiger partial charge is 0.242 e. The topological polar surface area (TPSA) is 82.8 Å². The van der Waals surface area contributed by atoms with E-state index >= 15 is 0 Å². The molecule has 0 unspecified atom stereocenters. The van der Waals surface area contributed by atoms with Crippen LogP contribution in [0.4, 0.5) is 0 Å². The van der Waals surface area contributed by atoms with Crippen LogP contribution < -0.4 is 4.72 Å². The van der Waals surface area contributed by atoms with Crippen LogP contribution >= 0.6 is 0 Å². The first kappa shape index (κ1) is 14.2. The maximum absolute atomic E-state index is 12.2. The highest BCUT2D eigenvalue weighted by Crippen LogP contribution is 2.15. The Labute approximate surface area is 118 Å². The van der Waals surface area contributed by atoms with Gasteiger partial charge in [-0.3, -0.25) is 4.98 Å². The molecule has 0 atom stereocenters. The third-order valence-corrected chi connectivity index (χ3v) is 4.35. The summed E-state index contributed by atoms with van der Waals surface area (Å²) in [6.45, 7) is 2.02. The lowest BCUT2D eigenvalue weighted by Gasteiger charge is -2.09. The number of nitrogens with zero attached hydrogens (tertiary/aromatic N) is 2. The van der Waals surface area contributed by atoms with Crippen molar-refractivity contribution in [1.29, 1.82) is 5.26 Å². The molecule has 0 amide bonds. The van der Waals surface area contributed by atoms with Gasteiger partial charge in [0.1, 0.15) is 6.07 Å². The van der Waals surface area contributed by atoms with Gasteiger partial charge in [0.05, 0.1) is 10.5 Å². The number of aryl methyl sites for hydroxylation is 1. The molecule has 0 spiro atoms. The first-order chi connectivity index (χ1) is 9.54. The quantitative estimate of drug-likeness (QED) is 0.928. The Morgan fingerprint density at radius 1 is 1.30 bits per heavy atom. The predicted octanol–water partition coefficient (Wildman–Crippen LogP) is 1.74. The number of nitriles is 1. The van der Waals surface area contributed by atoms with Crippen LogP contribution in [-0.2, 0) is 16.6 Å². The van der Waals surface area contributed by atoms with Crippen LogP contribution in [0.3, 0.4) is 0 Å². The molecule has 6 heteroatoms. The van der Waals surface area contributed by atoms with E-state index in [1.54, 1.807) is 30.6 Å². The molecule has 0 fully saturated rings. The van der Waals surface area contributed by atoms with Crippen LogP contribution in [0.25, 0.3) is 0 Å². The zero-order chi connectivity index (χ0) is 14.6. The summed E-state index contributed by atoms with van der Waals surface area (Å²) in [6.07, 6.45) is 3.28. The number of pyridine rings is 1. The molecular weight excluding hydrogens is 274 g/mol. The fraction of sp³-hybridized carbons (Fsp3) is 0.143. The Morgan fingerprint density at radius 3 is 2.75 bits per heavy atom. The number of hydrogen-bond donors (Lipinski definition) is 1. The molecule has 0 aliphatic carbocycles. The van der Waals surface area contributed by atoms with Crippen molar-refractivity contribution in [3.63, 3.8) is 0 Å². The lowest BCUT2D eigenvalue weighted by molar-refractivity contribution is 0.581. The first-order valence-corrected chi connectivity index (χ1v) is 7.41. The van der Waals surface area contributed by atoms with E-state index in [1.807, 2.05) is 13.0 Å². The molecule has 5 nitrogen and oxygen atoms in total. The van der Waals surface area contributed by atoms with Crippen molar-refractivity contribution in [1.82, 2.24) is 9.71 Å². The number of aromatic nitrogens is 1. The number of nitrogens with one attached hydrogen (secondary N) is 1. The highest BCUT2D eigenvalue weighted by molar-refractivity contribution is 7.89. The fourth-order valence-corrected chi connectivity index (χ4v) is 2.91. The molecule has 0 radical (unpaired) electrons. The van der Waals surface area contributed by atoms with E-state index in [2.05, 4.69) is 9.71 Å². The number of benzene rings is 1.